The van der Waals surface area contributed by atoms with E-state index in [4.69, 9.17) is 0 Å². The number of amides is 1. The molecule has 4 aromatic rings. The van der Waals surface area contributed by atoms with Crippen molar-refractivity contribution in [2.75, 3.05) is 17.7 Å². The number of rotatable bonds is 8. The highest BCUT2D eigenvalue weighted by atomic mass is 32.2. The fraction of sp³-hybridized carbons (Fsp3) is 0.125. The lowest BCUT2D eigenvalue weighted by molar-refractivity contribution is -0.384. The molecule has 0 spiro atoms. The van der Waals surface area contributed by atoms with Gasteiger partial charge in [-0.25, -0.2) is 0 Å². The summed E-state index contributed by atoms with van der Waals surface area (Å²) < 4.78 is 1.92. The first-order valence-electron chi connectivity index (χ1n) is 10.2. The number of thioether (sulfide) groups is 1. The number of carbonyl (C=O) groups excluding carboxylic acids is 1. The lowest BCUT2D eigenvalue weighted by atomic mass is 10.1. The quantitative estimate of drug-likeness (QED) is 0.218. The van der Waals surface area contributed by atoms with Crippen molar-refractivity contribution < 1.29 is 9.72 Å². The smallest absolute Gasteiger partial charge is 0.269 e. The fourth-order valence-corrected chi connectivity index (χ4v) is 4.17. The molecule has 166 valence electrons. The third-order valence-corrected chi connectivity index (χ3v) is 5.98. The molecule has 0 atom stereocenters. The second-order valence-electron chi connectivity index (χ2n) is 7.25. The second kappa shape index (κ2) is 10.1. The van der Waals surface area contributed by atoms with Gasteiger partial charge in [-0.1, -0.05) is 60.3 Å². The standard InChI is InChI=1S/C24H21N5O3S/c1-27(19-8-4-2-5-9-19)23(30)17-33-24-26-25-22(28(24)20-10-6-3-7-11-20)16-18-12-14-21(15-13-18)29(31)32/h2-15H,16-17H2,1H3. The number of benzene rings is 3. The van der Waals surface area contributed by atoms with Crippen molar-refractivity contribution >= 4 is 29.0 Å². The van der Waals surface area contributed by atoms with Gasteiger partial charge in [0.05, 0.1) is 10.7 Å². The highest BCUT2D eigenvalue weighted by Gasteiger charge is 2.18. The van der Waals surface area contributed by atoms with E-state index in [9.17, 15) is 14.9 Å². The average Bonchev–Trinajstić information content (AvgIpc) is 3.25. The molecule has 0 bridgehead atoms. The van der Waals surface area contributed by atoms with Gasteiger partial charge in [0.2, 0.25) is 5.91 Å². The predicted octanol–water partition coefficient (Wildman–Crippen LogP) is 4.52. The van der Waals surface area contributed by atoms with Crippen LogP contribution < -0.4 is 4.90 Å². The number of carbonyl (C=O) groups is 1. The number of nitrogens with zero attached hydrogens (tertiary/aromatic N) is 5. The molecule has 0 unspecified atom stereocenters. The first-order valence-corrected chi connectivity index (χ1v) is 11.2. The van der Waals surface area contributed by atoms with E-state index in [1.54, 1.807) is 24.1 Å². The van der Waals surface area contributed by atoms with Crippen LogP contribution in [0.1, 0.15) is 11.4 Å². The van der Waals surface area contributed by atoms with Crippen LogP contribution in [0.4, 0.5) is 11.4 Å². The van der Waals surface area contributed by atoms with Gasteiger partial charge in [0, 0.05) is 37.0 Å². The van der Waals surface area contributed by atoms with Gasteiger partial charge in [0.1, 0.15) is 5.82 Å². The summed E-state index contributed by atoms with van der Waals surface area (Å²) in [4.78, 5) is 24.9. The molecule has 33 heavy (non-hydrogen) atoms. The number of non-ortho nitro benzene ring substituents is 1. The SMILES string of the molecule is CN(C(=O)CSc1nnc(Cc2ccc([N+](=O)[O-])cc2)n1-c1ccccc1)c1ccccc1. The molecule has 1 aromatic heterocycles. The maximum atomic E-state index is 12.7. The van der Waals surface area contributed by atoms with Crippen molar-refractivity contribution in [3.63, 3.8) is 0 Å². The van der Waals surface area contributed by atoms with Gasteiger partial charge in [0.15, 0.2) is 5.16 Å². The van der Waals surface area contributed by atoms with Gasteiger partial charge in [-0.05, 0) is 29.8 Å². The second-order valence-corrected chi connectivity index (χ2v) is 8.19. The summed E-state index contributed by atoms with van der Waals surface area (Å²) >= 11 is 1.32. The van der Waals surface area contributed by atoms with Gasteiger partial charge >= 0.3 is 0 Å². The first kappa shape index (κ1) is 22.2. The topological polar surface area (TPSA) is 94.2 Å². The Balaban J connectivity index is 1.56. The molecular weight excluding hydrogens is 438 g/mol. The number of para-hydroxylation sites is 2. The van der Waals surface area contributed by atoms with Crippen LogP contribution >= 0.6 is 11.8 Å². The number of nitro groups is 1. The molecule has 0 N–H and O–H groups in total. The molecular formula is C24H21N5O3S. The highest BCUT2D eigenvalue weighted by Crippen LogP contribution is 2.25. The molecule has 4 rings (SSSR count). The highest BCUT2D eigenvalue weighted by molar-refractivity contribution is 7.99. The Labute approximate surface area is 195 Å². The number of aromatic nitrogens is 3. The van der Waals surface area contributed by atoms with Crippen LogP contribution in [-0.2, 0) is 11.2 Å². The molecule has 3 aromatic carbocycles. The molecule has 0 saturated carbocycles. The lowest BCUT2D eigenvalue weighted by Crippen LogP contribution is -2.27. The third kappa shape index (κ3) is 5.27. The lowest BCUT2D eigenvalue weighted by Gasteiger charge is -2.17. The van der Waals surface area contributed by atoms with E-state index in [2.05, 4.69) is 10.2 Å². The largest absolute Gasteiger partial charge is 0.315 e. The predicted molar refractivity (Wildman–Crippen MR) is 128 cm³/mol. The van der Waals surface area contributed by atoms with Crippen LogP contribution in [0, 0.1) is 10.1 Å². The summed E-state index contributed by atoms with van der Waals surface area (Å²) in [6.07, 6.45) is 0.443. The monoisotopic (exact) mass is 459 g/mol. The minimum absolute atomic E-state index is 0.0422. The van der Waals surface area contributed by atoms with Crippen molar-refractivity contribution in [2.24, 2.45) is 0 Å². The Morgan fingerprint density at radius 2 is 1.61 bits per heavy atom. The van der Waals surface area contributed by atoms with Crippen molar-refractivity contribution in [3.8, 4) is 5.69 Å². The van der Waals surface area contributed by atoms with Gasteiger partial charge in [-0.15, -0.1) is 10.2 Å². The molecule has 0 fully saturated rings. The Bertz CT molecular complexity index is 1240. The van der Waals surface area contributed by atoms with E-state index in [1.165, 1.54) is 23.9 Å². The van der Waals surface area contributed by atoms with Crippen LogP contribution in [0.2, 0.25) is 0 Å². The summed E-state index contributed by atoms with van der Waals surface area (Å²) in [7, 11) is 1.75. The first-order chi connectivity index (χ1) is 16.0. The summed E-state index contributed by atoms with van der Waals surface area (Å²) in [5.74, 6) is 0.834. The summed E-state index contributed by atoms with van der Waals surface area (Å²) in [6.45, 7) is 0. The van der Waals surface area contributed by atoms with Gasteiger partial charge in [-0.3, -0.25) is 19.5 Å². The Morgan fingerprint density at radius 3 is 2.24 bits per heavy atom. The number of anilines is 1. The van der Waals surface area contributed by atoms with Crippen LogP contribution in [0.3, 0.4) is 0 Å². The van der Waals surface area contributed by atoms with Crippen LogP contribution in [0.25, 0.3) is 5.69 Å². The minimum atomic E-state index is -0.422. The van der Waals surface area contributed by atoms with Gasteiger partial charge < -0.3 is 4.90 Å². The normalized spacial score (nSPS) is 10.7. The Hall–Kier alpha value is -3.98. The van der Waals surface area contributed by atoms with Gasteiger partial charge in [0.25, 0.3) is 5.69 Å². The molecule has 8 nitrogen and oxygen atoms in total. The molecule has 0 radical (unpaired) electrons. The van der Waals surface area contributed by atoms with E-state index < -0.39 is 4.92 Å². The van der Waals surface area contributed by atoms with Crippen LogP contribution in [0.15, 0.2) is 90.1 Å². The Morgan fingerprint density at radius 1 is 0.970 bits per heavy atom. The minimum Gasteiger partial charge on any atom is -0.315 e. The molecule has 0 saturated heterocycles. The molecule has 9 heteroatoms. The average molecular weight is 460 g/mol. The van der Waals surface area contributed by atoms with Gasteiger partial charge in [-0.2, -0.15) is 0 Å². The third-order valence-electron chi connectivity index (χ3n) is 5.07. The fourth-order valence-electron chi connectivity index (χ4n) is 3.28. The molecule has 0 aliphatic carbocycles. The number of hydrogen-bond donors (Lipinski definition) is 0. The number of hydrogen-bond acceptors (Lipinski definition) is 6. The maximum absolute atomic E-state index is 12.7. The Kier molecular flexibility index (Phi) is 6.80. The van der Waals surface area contributed by atoms with Crippen molar-refractivity contribution in [1.82, 2.24) is 14.8 Å². The summed E-state index contributed by atoms with van der Waals surface area (Å²) in [5, 5.41) is 20.2. The summed E-state index contributed by atoms with van der Waals surface area (Å²) in [5.41, 5.74) is 2.62. The zero-order chi connectivity index (χ0) is 23.2. The molecule has 0 aliphatic heterocycles. The van der Waals surface area contributed by atoms with Crippen molar-refractivity contribution in [3.05, 3.63) is 106 Å². The van der Waals surface area contributed by atoms with E-state index in [0.29, 0.717) is 17.4 Å². The molecule has 1 amide bonds. The van der Waals surface area contributed by atoms with Crippen molar-refractivity contribution in [1.29, 1.82) is 0 Å². The summed E-state index contributed by atoms with van der Waals surface area (Å²) in [6, 6.07) is 25.5. The van der Waals surface area contributed by atoms with Crippen molar-refractivity contribution in [2.45, 2.75) is 11.6 Å². The molecule has 1 heterocycles. The maximum Gasteiger partial charge on any atom is 0.269 e. The van der Waals surface area contributed by atoms with Crippen LogP contribution in [0.5, 0.6) is 0 Å². The van der Waals surface area contributed by atoms with E-state index in [0.717, 1.165) is 16.9 Å². The van der Waals surface area contributed by atoms with E-state index in [-0.39, 0.29) is 17.3 Å². The zero-order valence-electron chi connectivity index (χ0n) is 17.9. The van der Waals surface area contributed by atoms with E-state index in [1.807, 2.05) is 65.2 Å². The van der Waals surface area contributed by atoms with Crippen LogP contribution in [-0.4, -0.2) is 38.4 Å². The number of nitro benzene ring substituents is 1. The molecule has 0 aliphatic rings. The van der Waals surface area contributed by atoms with E-state index >= 15 is 0 Å². The zero-order valence-corrected chi connectivity index (χ0v) is 18.7.